The summed E-state index contributed by atoms with van der Waals surface area (Å²) in [5.41, 5.74) is 0.890. The second-order valence-corrected chi connectivity index (χ2v) is 7.05. The van der Waals surface area contributed by atoms with Crippen molar-refractivity contribution < 1.29 is 18.5 Å². The minimum atomic E-state index is -0.518. The smallest absolute Gasteiger partial charge is 0.399 e. The molecule has 1 fully saturated rings. The number of rotatable bonds is 3. The molecule has 2 aromatic carbocycles. The SMILES string of the molecule is CC1(C)OB(c2cccc(C(=O)c3ccc(F)cc3)c2)OC1(C)C. The van der Waals surface area contributed by atoms with E-state index in [1.807, 2.05) is 33.8 Å². The van der Waals surface area contributed by atoms with E-state index in [-0.39, 0.29) is 11.6 Å². The van der Waals surface area contributed by atoms with Crippen molar-refractivity contribution in [3.05, 3.63) is 65.5 Å². The number of hydrogen-bond acceptors (Lipinski definition) is 3. The molecule has 3 nitrogen and oxygen atoms in total. The highest BCUT2D eigenvalue weighted by Crippen LogP contribution is 2.36. The lowest BCUT2D eigenvalue weighted by atomic mass is 9.78. The molecular formula is C19H20BFO3. The number of hydrogen-bond donors (Lipinski definition) is 0. The summed E-state index contributed by atoms with van der Waals surface area (Å²) in [5.74, 6) is -0.522. The quantitative estimate of drug-likeness (QED) is 0.641. The van der Waals surface area contributed by atoms with Gasteiger partial charge in [-0.15, -0.1) is 0 Å². The number of halogens is 1. The highest BCUT2D eigenvalue weighted by Gasteiger charge is 2.51. The average molecular weight is 326 g/mol. The highest BCUT2D eigenvalue weighted by atomic mass is 19.1. The maximum atomic E-state index is 13.0. The van der Waals surface area contributed by atoms with Crippen LogP contribution in [0.5, 0.6) is 0 Å². The summed E-state index contributed by atoms with van der Waals surface area (Å²) in [7, 11) is -0.518. The van der Waals surface area contributed by atoms with Gasteiger partial charge in [0.1, 0.15) is 5.82 Å². The summed E-state index contributed by atoms with van der Waals surface area (Å²) in [6.07, 6.45) is 0. The van der Waals surface area contributed by atoms with Crippen LogP contribution in [0.4, 0.5) is 4.39 Å². The number of ketones is 1. The van der Waals surface area contributed by atoms with Crippen LogP contribution in [0.1, 0.15) is 43.6 Å². The zero-order valence-corrected chi connectivity index (χ0v) is 14.3. The van der Waals surface area contributed by atoms with Crippen LogP contribution in [0, 0.1) is 5.82 Å². The van der Waals surface area contributed by atoms with E-state index in [4.69, 9.17) is 9.31 Å². The maximum absolute atomic E-state index is 13.0. The first kappa shape index (κ1) is 16.9. The Balaban J connectivity index is 1.88. The van der Waals surface area contributed by atoms with Crippen molar-refractivity contribution in [2.24, 2.45) is 0 Å². The first-order chi connectivity index (χ1) is 11.2. The van der Waals surface area contributed by atoms with Crippen LogP contribution in [0.2, 0.25) is 0 Å². The van der Waals surface area contributed by atoms with E-state index >= 15 is 0 Å². The lowest BCUT2D eigenvalue weighted by Crippen LogP contribution is -2.41. The van der Waals surface area contributed by atoms with Crippen LogP contribution in [-0.4, -0.2) is 24.1 Å². The molecule has 124 valence electrons. The molecule has 2 aromatic rings. The molecule has 0 saturated carbocycles. The maximum Gasteiger partial charge on any atom is 0.494 e. The Morgan fingerprint density at radius 1 is 0.917 bits per heavy atom. The largest absolute Gasteiger partial charge is 0.494 e. The Bertz CT molecular complexity index is 752. The Hall–Kier alpha value is -1.98. The van der Waals surface area contributed by atoms with Gasteiger partial charge < -0.3 is 9.31 Å². The predicted molar refractivity (Wildman–Crippen MR) is 92.0 cm³/mol. The number of benzene rings is 2. The van der Waals surface area contributed by atoms with Crippen molar-refractivity contribution in [1.82, 2.24) is 0 Å². The lowest BCUT2D eigenvalue weighted by Gasteiger charge is -2.32. The van der Waals surface area contributed by atoms with E-state index in [0.717, 1.165) is 5.46 Å². The molecule has 3 rings (SSSR count). The van der Waals surface area contributed by atoms with E-state index in [2.05, 4.69) is 0 Å². The molecule has 0 aromatic heterocycles. The van der Waals surface area contributed by atoms with Crippen molar-refractivity contribution in [2.45, 2.75) is 38.9 Å². The fourth-order valence-electron chi connectivity index (χ4n) is 2.57. The molecule has 24 heavy (non-hydrogen) atoms. The molecule has 0 bridgehead atoms. The van der Waals surface area contributed by atoms with Crippen LogP contribution in [0.25, 0.3) is 0 Å². The average Bonchev–Trinajstić information content (AvgIpc) is 2.76. The minimum absolute atomic E-state index is 0.159. The van der Waals surface area contributed by atoms with E-state index < -0.39 is 18.3 Å². The van der Waals surface area contributed by atoms with Crippen molar-refractivity contribution in [1.29, 1.82) is 0 Å². The summed E-state index contributed by atoms with van der Waals surface area (Å²) >= 11 is 0. The summed E-state index contributed by atoms with van der Waals surface area (Å²) in [6.45, 7) is 7.95. The summed E-state index contributed by atoms with van der Waals surface area (Å²) < 4.78 is 25.1. The van der Waals surface area contributed by atoms with Gasteiger partial charge in [0.25, 0.3) is 0 Å². The van der Waals surface area contributed by atoms with Gasteiger partial charge in [0.05, 0.1) is 11.2 Å². The molecule has 1 aliphatic rings. The Morgan fingerprint density at radius 3 is 2.08 bits per heavy atom. The standard InChI is InChI=1S/C19H20BFO3/c1-18(2)19(3,4)24-20(23-18)15-7-5-6-14(12-15)17(22)13-8-10-16(21)11-9-13/h5-12H,1-4H3. The molecule has 0 N–H and O–H groups in total. The number of carbonyl (C=O) groups is 1. The lowest BCUT2D eigenvalue weighted by molar-refractivity contribution is 0.00578. The van der Waals surface area contributed by atoms with E-state index in [0.29, 0.717) is 11.1 Å². The van der Waals surface area contributed by atoms with Gasteiger partial charge in [0.15, 0.2) is 5.78 Å². The van der Waals surface area contributed by atoms with Crippen LogP contribution in [0.15, 0.2) is 48.5 Å². The Kier molecular flexibility index (Phi) is 4.10. The molecule has 0 unspecified atom stereocenters. The van der Waals surface area contributed by atoms with Gasteiger partial charge in [0.2, 0.25) is 0 Å². The topological polar surface area (TPSA) is 35.5 Å². The van der Waals surface area contributed by atoms with Crippen LogP contribution in [-0.2, 0) is 9.31 Å². The van der Waals surface area contributed by atoms with Crippen LogP contribution < -0.4 is 5.46 Å². The molecular weight excluding hydrogens is 306 g/mol. The van der Waals surface area contributed by atoms with Gasteiger partial charge in [-0.3, -0.25) is 4.79 Å². The van der Waals surface area contributed by atoms with Crippen molar-refractivity contribution >= 4 is 18.4 Å². The second-order valence-electron chi connectivity index (χ2n) is 7.05. The van der Waals surface area contributed by atoms with E-state index in [1.54, 1.807) is 18.2 Å². The normalized spacial score (nSPS) is 18.6. The Labute approximate surface area is 141 Å². The molecule has 1 aliphatic heterocycles. The third-order valence-corrected chi connectivity index (χ3v) is 4.78. The van der Waals surface area contributed by atoms with Crippen LogP contribution in [0.3, 0.4) is 0 Å². The fourth-order valence-corrected chi connectivity index (χ4v) is 2.57. The molecule has 5 heteroatoms. The van der Waals surface area contributed by atoms with E-state index in [9.17, 15) is 9.18 Å². The number of carbonyl (C=O) groups excluding carboxylic acids is 1. The van der Waals surface area contributed by atoms with Crippen LogP contribution >= 0.6 is 0 Å². The first-order valence-corrected chi connectivity index (χ1v) is 7.95. The molecule has 0 spiro atoms. The van der Waals surface area contributed by atoms with Gasteiger partial charge in [-0.25, -0.2) is 4.39 Å². The van der Waals surface area contributed by atoms with Crippen molar-refractivity contribution in [2.75, 3.05) is 0 Å². The van der Waals surface area contributed by atoms with Gasteiger partial charge in [-0.05, 0) is 57.4 Å². The van der Waals surface area contributed by atoms with Crippen molar-refractivity contribution in [3.63, 3.8) is 0 Å². The second kappa shape index (κ2) is 5.83. The van der Waals surface area contributed by atoms with Gasteiger partial charge in [-0.2, -0.15) is 0 Å². The predicted octanol–water partition coefficient (Wildman–Crippen LogP) is 3.36. The summed E-state index contributed by atoms with van der Waals surface area (Å²) in [5, 5.41) is 0. The first-order valence-electron chi connectivity index (χ1n) is 7.95. The van der Waals surface area contributed by atoms with E-state index in [1.165, 1.54) is 24.3 Å². The molecule has 1 heterocycles. The Morgan fingerprint density at radius 2 is 1.50 bits per heavy atom. The van der Waals surface area contributed by atoms with Gasteiger partial charge in [0, 0.05) is 11.1 Å². The zero-order chi connectivity index (χ0) is 17.5. The molecule has 0 radical (unpaired) electrons. The molecule has 0 atom stereocenters. The summed E-state index contributed by atoms with van der Waals surface area (Å²) in [6, 6.07) is 12.7. The van der Waals surface area contributed by atoms with Crippen molar-refractivity contribution in [3.8, 4) is 0 Å². The molecule has 0 amide bonds. The van der Waals surface area contributed by atoms with Gasteiger partial charge >= 0.3 is 7.12 Å². The minimum Gasteiger partial charge on any atom is -0.399 e. The third kappa shape index (κ3) is 3.02. The zero-order valence-electron chi connectivity index (χ0n) is 14.3. The monoisotopic (exact) mass is 326 g/mol. The highest BCUT2D eigenvalue weighted by molar-refractivity contribution is 6.62. The van der Waals surface area contributed by atoms with Gasteiger partial charge in [-0.1, -0.05) is 24.3 Å². The molecule has 1 saturated heterocycles. The third-order valence-electron chi connectivity index (χ3n) is 4.78. The molecule has 0 aliphatic carbocycles. The summed E-state index contributed by atoms with van der Waals surface area (Å²) in [4.78, 5) is 12.6. The fraction of sp³-hybridized carbons (Fsp3) is 0.316.